The highest BCUT2D eigenvalue weighted by molar-refractivity contribution is 7.99. The van der Waals surface area contributed by atoms with Crippen LogP contribution < -0.4 is 10.1 Å². The van der Waals surface area contributed by atoms with Gasteiger partial charge < -0.3 is 14.5 Å². The maximum Gasteiger partial charge on any atom is 0.277 e. The van der Waals surface area contributed by atoms with Crippen LogP contribution in [-0.4, -0.2) is 27.9 Å². The minimum atomic E-state index is 0.0130. The molecule has 140 valence electrons. The fourth-order valence-electron chi connectivity index (χ4n) is 2.85. The fourth-order valence-corrected chi connectivity index (χ4v) is 3.57. The third-order valence-corrected chi connectivity index (χ3v) is 5.24. The van der Waals surface area contributed by atoms with Gasteiger partial charge in [-0.25, -0.2) is 0 Å². The quantitative estimate of drug-likeness (QED) is 0.558. The summed E-state index contributed by atoms with van der Waals surface area (Å²) in [6.07, 6.45) is 7.07. The number of hydrogen-bond acceptors (Lipinski definition) is 6. The average molecular weight is 396 g/mol. The third-order valence-electron chi connectivity index (χ3n) is 4.17. The number of aromatic nitrogens is 2. The van der Waals surface area contributed by atoms with E-state index >= 15 is 0 Å². The van der Waals surface area contributed by atoms with Crippen LogP contribution in [0.25, 0.3) is 0 Å². The Labute approximate surface area is 162 Å². The second kappa shape index (κ2) is 9.83. The molecule has 0 saturated heterocycles. The number of amides is 1. The number of carbonyl (C=O) groups excluding carboxylic acids is 1. The van der Waals surface area contributed by atoms with Crippen molar-refractivity contribution in [2.45, 2.75) is 56.4 Å². The molecule has 1 N–H and O–H groups in total. The molecule has 1 fully saturated rings. The molecule has 1 aliphatic rings. The first-order valence-corrected chi connectivity index (χ1v) is 10.2. The summed E-state index contributed by atoms with van der Waals surface area (Å²) in [4.78, 5) is 12.1. The van der Waals surface area contributed by atoms with Gasteiger partial charge >= 0.3 is 0 Å². The van der Waals surface area contributed by atoms with E-state index in [1.54, 1.807) is 24.3 Å². The second-order valence-electron chi connectivity index (χ2n) is 6.25. The highest BCUT2D eigenvalue weighted by Crippen LogP contribution is 2.20. The van der Waals surface area contributed by atoms with E-state index in [9.17, 15) is 4.79 Å². The van der Waals surface area contributed by atoms with Gasteiger partial charge in [-0.1, -0.05) is 49.0 Å². The summed E-state index contributed by atoms with van der Waals surface area (Å²) in [6.45, 7) is 0.170. The van der Waals surface area contributed by atoms with Crippen molar-refractivity contribution in [1.82, 2.24) is 15.5 Å². The van der Waals surface area contributed by atoms with E-state index in [1.165, 1.54) is 37.4 Å². The molecule has 0 radical (unpaired) electrons. The molecule has 1 aromatic carbocycles. The van der Waals surface area contributed by atoms with E-state index in [0.29, 0.717) is 27.9 Å². The van der Waals surface area contributed by atoms with E-state index in [2.05, 4.69) is 15.5 Å². The third kappa shape index (κ3) is 6.21. The summed E-state index contributed by atoms with van der Waals surface area (Å²) in [5.74, 6) is 1.33. The normalized spacial score (nSPS) is 15.4. The zero-order chi connectivity index (χ0) is 18.2. The Balaban J connectivity index is 1.40. The molecule has 26 heavy (non-hydrogen) atoms. The Bertz CT molecular complexity index is 700. The van der Waals surface area contributed by atoms with Crippen molar-refractivity contribution in [3.8, 4) is 5.75 Å². The predicted molar refractivity (Wildman–Crippen MR) is 100 cm³/mol. The van der Waals surface area contributed by atoms with Crippen LogP contribution in [0.3, 0.4) is 0 Å². The van der Waals surface area contributed by atoms with Crippen molar-refractivity contribution in [3.63, 3.8) is 0 Å². The van der Waals surface area contributed by atoms with E-state index < -0.39 is 0 Å². The number of rotatable bonds is 7. The van der Waals surface area contributed by atoms with E-state index in [0.717, 1.165) is 12.8 Å². The predicted octanol–water partition coefficient (Wildman–Crippen LogP) is 4.23. The van der Waals surface area contributed by atoms with Gasteiger partial charge in [-0.2, -0.15) is 0 Å². The topological polar surface area (TPSA) is 77.2 Å². The fraction of sp³-hybridized carbons (Fsp3) is 0.500. The highest BCUT2D eigenvalue weighted by Gasteiger charge is 2.16. The van der Waals surface area contributed by atoms with Crippen LogP contribution in [0, 0.1) is 0 Å². The smallest absolute Gasteiger partial charge is 0.277 e. The molecule has 6 nitrogen and oxygen atoms in total. The standard InChI is InChI=1S/C18H22ClN3O3S/c19-13-7-9-15(10-8-13)24-11-17-21-22-18(25-17)26-12-16(23)20-14-5-3-1-2-4-6-14/h7-10,14H,1-6,11-12H2,(H,20,23). The first-order chi connectivity index (χ1) is 12.7. The summed E-state index contributed by atoms with van der Waals surface area (Å²) in [5, 5.41) is 12.0. The molecule has 0 aliphatic heterocycles. The van der Waals surface area contributed by atoms with Crippen LogP contribution >= 0.6 is 23.4 Å². The molecule has 0 bridgehead atoms. The van der Waals surface area contributed by atoms with Crippen LogP contribution in [0.2, 0.25) is 5.02 Å². The van der Waals surface area contributed by atoms with Crippen molar-refractivity contribution in [2.75, 3.05) is 5.75 Å². The molecule has 2 aromatic rings. The number of ether oxygens (including phenoxy) is 1. The summed E-state index contributed by atoms with van der Waals surface area (Å²) in [6, 6.07) is 7.34. The largest absolute Gasteiger partial charge is 0.484 e. The molecule has 1 amide bonds. The van der Waals surface area contributed by atoms with E-state index in [1.807, 2.05) is 0 Å². The lowest BCUT2D eigenvalue weighted by molar-refractivity contribution is -0.119. The molecule has 1 heterocycles. The molecule has 8 heteroatoms. The summed E-state index contributed by atoms with van der Waals surface area (Å²) in [5.41, 5.74) is 0. The SMILES string of the molecule is O=C(CSc1nnc(COc2ccc(Cl)cc2)o1)NC1CCCCCC1. The van der Waals surface area contributed by atoms with Crippen LogP contribution in [0.1, 0.15) is 44.4 Å². The van der Waals surface area contributed by atoms with Gasteiger partial charge in [0.05, 0.1) is 5.75 Å². The van der Waals surface area contributed by atoms with Crippen LogP contribution in [0.5, 0.6) is 5.75 Å². The van der Waals surface area contributed by atoms with Crippen molar-refractivity contribution >= 4 is 29.3 Å². The minimum Gasteiger partial charge on any atom is -0.484 e. The van der Waals surface area contributed by atoms with Gasteiger partial charge in [0.1, 0.15) is 5.75 Å². The monoisotopic (exact) mass is 395 g/mol. The maximum absolute atomic E-state index is 12.1. The number of nitrogens with zero attached hydrogens (tertiary/aromatic N) is 2. The van der Waals surface area contributed by atoms with Crippen molar-refractivity contribution in [1.29, 1.82) is 0 Å². The van der Waals surface area contributed by atoms with Crippen molar-refractivity contribution in [3.05, 3.63) is 35.2 Å². The van der Waals surface area contributed by atoms with Crippen molar-refractivity contribution in [2.24, 2.45) is 0 Å². The number of benzene rings is 1. The zero-order valence-electron chi connectivity index (χ0n) is 14.4. The first kappa shape index (κ1) is 19.0. The van der Waals surface area contributed by atoms with Gasteiger partial charge in [0, 0.05) is 11.1 Å². The maximum atomic E-state index is 12.1. The van der Waals surface area contributed by atoms with Gasteiger partial charge in [0.2, 0.25) is 5.91 Å². The lowest BCUT2D eigenvalue weighted by atomic mass is 10.1. The number of hydrogen-bond donors (Lipinski definition) is 1. The molecule has 3 rings (SSSR count). The van der Waals surface area contributed by atoms with E-state index in [4.69, 9.17) is 20.8 Å². The van der Waals surface area contributed by atoms with Crippen molar-refractivity contribution < 1.29 is 13.9 Å². The Morgan fingerprint density at radius 3 is 2.65 bits per heavy atom. The van der Waals surface area contributed by atoms with Crippen LogP contribution in [0.15, 0.2) is 33.9 Å². The molecular weight excluding hydrogens is 374 g/mol. The van der Waals surface area contributed by atoms with E-state index in [-0.39, 0.29) is 18.3 Å². The minimum absolute atomic E-state index is 0.0130. The van der Waals surface area contributed by atoms with Crippen LogP contribution in [-0.2, 0) is 11.4 Å². The van der Waals surface area contributed by atoms with Gasteiger partial charge in [0.25, 0.3) is 11.1 Å². The number of halogens is 1. The molecule has 0 unspecified atom stereocenters. The van der Waals surface area contributed by atoms with Gasteiger partial charge in [-0.3, -0.25) is 4.79 Å². The van der Waals surface area contributed by atoms with Gasteiger partial charge in [-0.05, 0) is 37.1 Å². The molecule has 0 atom stereocenters. The number of nitrogens with one attached hydrogen (secondary N) is 1. The Kier molecular flexibility index (Phi) is 7.20. The average Bonchev–Trinajstić information content (AvgIpc) is 2.95. The Morgan fingerprint density at radius 2 is 1.92 bits per heavy atom. The zero-order valence-corrected chi connectivity index (χ0v) is 16.0. The molecule has 0 spiro atoms. The molecule has 1 aromatic heterocycles. The molecule has 1 saturated carbocycles. The molecular formula is C18H22ClN3O3S. The number of carbonyl (C=O) groups is 1. The Morgan fingerprint density at radius 1 is 1.19 bits per heavy atom. The lowest BCUT2D eigenvalue weighted by Gasteiger charge is -2.15. The van der Waals surface area contributed by atoms with Gasteiger partial charge in [0.15, 0.2) is 6.61 Å². The summed E-state index contributed by atoms with van der Waals surface area (Å²) >= 11 is 7.07. The first-order valence-electron chi connectivity index (χ1n) is 8.82. The summed E-state index contributed by atoms with van der Waals surface area (Å²) < 4.78 is 11.1. The van der Waals surface area contributed by atoms with Crippen LogP contribution in [0.4, 0.5) is 0 Å². The summed E-state index contributed by atoms with van der Waals surface area (Å²) in [7, 11) is 0. The second-order valence-corrected chi connectivity index (χ2v) is 7.61. The lowest BCUT2D eigenvalue weighted by Crippen LogP contribution is -2.35. The molecule has 1 aliphatic carbocycles. The number of thioether (sulfide) groups is 1. The Hall–Kier alpha value is -1.73. The highest BCUT2D eigenvalue weighted by atomic mass is 35.5. The van der Waals surface area contributed by atoms with Gasteiger partial charge in [-0.15, -0.1) is 10.2 Å².